The number of nitrogens with zero attached hydrogens (tertiary/aromatic N) is 7. The van der Waals surface area contributed by atoms with Crippen molar-refractivity contribution in [1.82, 2.24) is 39.5 Å². The van der Waals surface area contributed by atoms with E-state index in [1.807, 2.05) is 16.8 Å². The fraction of sp³-hybridized carbons (Fsp3) is 0.667. The largest absolute Gasteiger partial charge is 0.381 e. The van der Waals surface area contributed by atoms with Gasteiger partial charge in [0.05, 0.1) is 23.3 Å². The zero-order chi connectivity index (χ0) is 26.3. The number of fused-ring (bicyclic) bond motifs is 1. The average molecular weight is 536 g/mol. The van der Waals surface area contributed by atoms with E-state index >= 15 is 4.39 Å². The van der Waals surface area contributed by atoms with Gasteiger partial charge in [-0.1, -0.05) is 11.6 Å². The number of piperidine rings is 2. The molecule has 3 N–H and O–H groups in total. The number of amides is 2. The lowest BCUT2D eigenvalue weighted by Crippen LogP contribution is -2.66. The maximum Gasteiger partial charge on any atom is 0.259 e. The number of piperazine rings is 1. The van der Waals surface area contributed by atoms with Crippen LogP contribution in [0.4, 0.5) is 10.2 Å². The normalized spacial score (nSPS) is 27.0. The summed E-state index contributed by atoms with van der Waals surface area (Å²) in [6.07, 6.45) is 3.19. The summed E-state index contributed by atoms with van der Waals surface area (Å²) in [4.78, 5) is 38.8. The number of likely N-dealkylation sites (tertiary alicyclic amines) is 2. The lowest BCUT2D eigenvalue weighted by Gasteiger charge is -2.47. The molecule has 2 amide bonds. The first-order valence-electron chi connectivity index (χ1n) is 12.9. The Bertz CT molecular complexity index is 1150. The molecule has 202 valence electrons. The highest BCUT2D eigenvalue weighted by molar-refractivity contribution is 6.30. The summed E-state index contributed by atoms with van der Waals surface area (Å²) in [7, 11) is 3.91. The van der Waals surface area contributed by atoms with Gasteiger partial charge in [0.25, 0.3) is 5.91 Å². The molecular weight excluding hydrogens is 501 g/mol. The molecule has 2 aromatic rings. The molecule has 0 aliphatic carbocycles. The van der Waals surface area contributed by atoms with E-state index in [-0.39, 0.29) is 29.8 Å². The van der Waals surface area contributed by atoms with E-state index in [0.717, 1.165) is 26.2 Å². The van der Waals surface area contributed by atoms with Crippen LogP contribution in [0.2, 0.25) is 5.02 Å². The second kappa shape index (κ2) is 10.7. The highest BCUT2D eigenvalue weighted by Crippen LogP contribution is 2.28. The number of nitrogens with one attached hydrogen (secondary N) is 1. The predicted octanol–water partition coefficient (Wildman–Crippen LogP) is 0.201. The predicted molar refractivity (Wildman–Crippen MR) is 138 cm³/mol. The van der Waals surface area contributed by atoms with Crippen molar-refractivity contribution >= 4 is 34.9 Å². The van der Waals surface area contributed by atoms with Crippen LogP contribution in [0.3, 0.4) is 0 Å². The number of carbonyl (C=O) groups is 2. The maximum absolute atomic E-state index is 15.5. The number of aromatic nitrogens is 3. The molecule has 3 atom stereocenters. The van der Waals surface area contributed by atoms with Crippen molar-refractivity contribution in [3.63, 3.8) is 0 Å². The molecule has 5 rings (SSSR count). The summed E-state index contributed by atoms with van der Waals surface area (Å²) < 4.78 is 16.9. The Morgan fingerprint density at radius 1 is 1.08 bits per heavy atom. The summed E-state index contributed by atoms with van der Waals surface area (Å²) in [5, 5.41) is 7.53. The minimum atomic E-state index is -1.15. The molecule has 0 spiro atoms. The molecule has 3 aliphatic rings. The van der Waals surface area contributed by atoms with Crippen LogP contribution < -0.4 is 11.1 Å². The Labute approximate surface area is 220 Å². The third kappa shape index (κ3) is 5.38. The molecule has 0 aromatic carbocycles. The number of alkyl halides is 1. The van der Waals surface area contributed by atoms with Crippen molar-refractivity contribution in [3.05, 3.63) is 23.0 Å². The van der Waals surface area contributed by atoms with E-state index in [1.165, 1.54) is 16.9 Å². The van der Waals surface area contributed by atoms with Crippen molar-refractivity contribution < 1.29 is 14.0 Å². The molecule has 37 heavy (non-hydrogen) atoms. The summed E-state index contributed by atoms with van der Waals surface area (Å²) in [6.45, 7) is 5.33. The molecule has 3 unspecified atom stereocenters. The van der Waals surface area contributed by atoms with Crippen LogP contribution in [-0.2, 0) is 4.79 Å². The Hall–Kier alpha value is -2.54. The van der Waals surface area contributed by atoms with Crippen LogP contribution in [0.15, 0.2) is 12.4 Å². The second-order valence-corrected chi connectivity index (χ2v) is 11.0. The summed E-state index contributed by atoms with van der Waals surface area (Å²) >= 11 is 5.99. The lowest BCUT2D eigenvalue weighted by molar-refractivity contribution is -0.139. The molecule has 2 aromatic heterocycles. The Kier molecular flexibility index (Phi) is 7.53. The number of hydrogen-bond acceptors (Lipinski definition) is 8. The van der Waals surface area contributed by atoms with Gasteiger partial charge in [-0.15, -0.1) is 5.10 Å². The van der Waals surface area contributed by atoms with Gasteiger partial charge in [-0.2, -0.15) is 0 Å². The van der Waals surface area contributed by atoms with Crippen molar-refractivity contribution in [2.45, 2.75) is 31.1 Å². The van der Waals surface area contributed by atoms with Crippen molar-refractivity contribution in [3.8, 4) is 0 Å². The van der Waals surface area contributed by atoms with Gasteiger partial charge in [0.1, 0.15) is 11.7 Å². The number of nitrogens with two attached hydrogens (primary N) is 1. The van der Waals surface area contributed by atoms with Crippen LogP contribution in [0.5, 0.6) is 0 Å². The third-order valence-electron chi connectivity index (χ3n) is 7.90. The number of nitrogen functional groups attached to an aromatic ring is 1. The molecule has 5 heterocycles. The molecule has 3 saturated heterocycles. The Morgan fingerprint density at radius 3 is 2.49 bits per heavy atom. The zero-order valence-corrected chi connectivity index (χ0v) is 22.1. The molecule has 13 heteroatoms. The van der Waals surface area contributed by atoms with Crippen molar-refractivity contribution in [2.24, 2.45) is 5.92 Å². The van der Waals surface area contributed by atoms with Gasteiger partial charge in [-0.05, 0) is 40.0 Å². The highest BCUT2D eigenvalue weighted by atomic mass is 35.5. The van der Waals surface area contributed by atoms with Gasteiger partial charge in [-0.25, -0.2) is 13.9 Å². The summed E-state index contributed by atoms with van der Waals surface area (Å²) in [5.41, 5.74) is 6.49. The van der Waals surface area contributed by atoms with E-state index in [2.05, 4.69) is 32.2 Å². The van der Waals surface area contributed by atoms with Gasteiger partial charge in [-0.3, -0.25) is 14.5 Å². The van der Waals surface area contributed by atoms with Crippen LogP contribution >= 0.6 is 11.6 Å². The number of anilines is 1. The lowest BCUT2D eigenvalue weighted by atomic mass is 9.89. The zero-order valence-electron chi connectivity index (χ0n) is 21.3. The van der Waals surface area contributed by atoms with Crippen molar-refractivity contribution in [2.75, 3.05) is 72.2 Å². The molecule has 0 radical (unpaired) electrons. The van der Waals surface area contributed by atoms with Crippen LogP contribution in [-0.4, -0.2) is 131 Å². The number of rotatable bonds is 4. The van der Waals surface area contributed by atoms with E-state index in [1.54, 1.807) is 0 Å². The fourth-order valence-corrected chi connectivity index (χ4v) is 6.05. The molecule has 0 bridgehead atoms. The van der Waals surface area contributed by atoms with E-state index in [0.29, 0.717) is 43.1 Å². The molecule has 0 saturated carbocycles. The summed E-state index contributed by atoms with van der Waals surface area (Å²) in [5.74, 6) is -0.226. The highest BCUT2D eigenvalue weighted by Gasteiger charge is 2.43. The standard InChI is InChI=1S/C24H35ClFN9O2/c1-31-7-9-34(10-8-31)24(37)15-3-5-33(6-4-15)20-17(26)13-32(2)14-18(20)29-23(36)19-21(27)30-35-12-16(25)11-28-22(19)35/h11-12,15,17-18,20H,3-10,13-14H2,1-2H3,(H2,27,30)(H,29,36). The minimum absolute atomic E-state index is 0.0338. The van der Waals surface area contributed by atoms with Crippen molar-refractivity contribution in [1.29, 1.82) is 0 Å². The van der Waals surface area contributed by atoms with Crippen LogP contribution in [0.25, 0.3) is 5.65 Å². The third-order valence-corrected chi connectivity index (χ3v) is 8.10. The number of halogens is 2. The number of carbonyl (C=O) groups excluding carboxylic acids is 2. The summed E-state index contributed by atoms with van der Waals surface area (Å²) in [6, 6.07) is -0.960. The quantitative estimate of drug-likeness (QED) is 0.570. The first-order chi connectivity index (χ1) is 17.7. The number of likely N-dealkylation sites (N-methyl/N-ethyl adjacent to an activating group) is 2. The Morgan fingerprint density at radius 2 is 1.78 bits per heavy atom. The molecule has 3 fully saturated rings. The first-order valence-corrected chi connectivity index (χ1v) is 13.2. The van der Waals surface area contributed by atoms with Gasteiger partial charge in [0, 0.05) is 51.4 Å². The minimum Gasteiger partial charge on any atom is -0.381 e. The van der Waals surface area contributed by atoms with E-state index < -0.39 is 24.2 Å². The average Bonchev–Trinajstić information content (AvgIpc) is 3.18. The second-order valence-electron chi connectivity index (χ2n) is 10.5. The van der Waals surface area contributed by atoms with Gasteiger partial charge < -0.3 is 25.8 Å². The first kappa shape index (κ1) is 26.1. The monoisotopic (exact) mass is 535 g/mol. The van der Waals surface area contributed by atoms with Crippen LogP contribution in [0, 0.1) is 5.92 Å². The smallest absolute Gasteiger partial charge is 0.259 e. The molecular formula is C24H35ClFN9O2. The maximum atomic E-state index is 15.5. The Balaban J connectivity index is 1.27. The van der Waals surface area contributed by atoms with E-state index in [4.69, 9.17) is 17.3 Å². The van der Waals surface area contributed by atoms with Crippen LogP contribution in [0.1, 0.15) is 23.2 Å². The topological polar surface area (TPSA) is 115 Å². The molecule has 3 aliphatic heterocycles. The van der Waals surface area contributed by atoms with Gasteiger partial charge in [0.15, 0.2) is 11.5 Å². The van der Waals surface area contributed by atoms with Gasteiger partial charge in [0.2, 0.25) is 5.91 Å². The molecule has 11 nitrogen and oxygen atoms in total. The number of hydrogen-bond donors (Lipinski definition) is 2. The fourth-order valence-electron chi connectivity index (χ4n) is 5.91. The SMILES string of the molecule is CN1CCN(C(=O)C2CCN(C3C(F)CN(C)CC3NC(=O)c3c(N)nn4cc(Cl)cnc34)CC2)CC1. The van der Waals surface area contributed by atoms with Gasteiger partial charge >= 0.3 is 0 Å². The van der Waals surface area contributed by atoms with E-state index in [9.17, 15) is 9.59 Å².